The van der Waals surface area contributed by atoms with E-state index >= 15 is 0 Å². The van der Waals surface area contributed by atoms with E-state index < -0.39 is 25.1 Å². The lowest BCUT2D eigenvalue weighted by Crippen LogP contribution is -2.41. The van der Waals surface area contributed by atoms with Gasteiger partial charge < -0.3 is 28.4 Å². The second-order valence-electron chi connectivity index (χ2n) is 15.6. The lowest BCUT2D eigenvalue weighted by atomic mass is 9.79. The summed E-state index contributed by atoms with van der Waals surface area (Å²) < 4.78 is 51.8. The van der Waals surface area contributed by atoms with Gasteiger partial charge in [0.25, 0.3) is 0 Å². The zero-order valence-electron chi connectivity index (χ0n) is 34.5. The zero-order chi connectivity index (χ0) is 44.5. The molecule has 1 aliphatic rings. The molecule has 1 fully saturated rings. The minimum atomic E-state index is -0.933. The highest BCUT2D eigenvalue weighted by Gasteiger charge is 2.51. The van der Waals surface area contributed by atoms with E-state index in [0.717, 1.165) is 26.6 Å². The maximum atomic E-state index is 13.2. The highest BCUT2D eigenvalue weighted by Crippen LogP contribution is 2.37. The van der Waals surface area contributed by atoms with Crippen LogP contribution >= 0.6 is 15.9 Å². The first-order valence-corrected chi connectivity index (χ1v) is 20.2. The van der Waals surface area contributed by atoms with Gasteiger partial charge in [-0.25, -0.2) is 18.4 Å². The van der Waals surface area contributed by atoms with Gasteiger partial charge in [-0.15, -0.1) is 0 Å². The minimum Gasteiger partial charge on any atom is -0.408 e. The quantitative estimate of drug-likeness (QED) is 0.155. The number of rotatable bonds is 6. The molecule has 1 aliphatic heterocycles. The van der Waals surface area contributed by atoms with E-state index in [4.69, 9.17) is 18.1 Å². The van der Waals surface area contributed by atoms with Crippen molar-refractivity contribution >= 4 is 50.7 Å². The Morgan fingerprint density at radius 2 is 1.11 bits per heavy atom. The number of hydrogen-bond acceptors (Lipinski definition) is 10. The fourth-order valence-corrected chi connectivity index (χ4v) is 7.17. The van der Waals surface area contributed by atoms with Gasteiger partial charge in [-0.3, -0.25) is 19.1 Å². The van der Waals surface area contributed by atoms with E-state index in [1.54, 1.807) is 87.4 Å². The summed E-state index contributed by atoms with van der Waals surface area (Å²) in [5.41, 5.74) is 6.66. The first-order chi connectivity index (χ1) is 29.4. The third-order valence-corrected chi connectivity index (χ3v) is 11.7. The third kappa shape index (κ3) is 9.80. The Morgan fingerprint density at radius 1 is 0.651 bits per heavy atom. The van der Waals surface area contributed by atoms with Crippen LogP contribution in [-0.2, 0) is 23.4 Å². The van der Waals surface area contributed by atoms with Crippen LogP contribution in [0.4, 0.5) is 8.78 Å². The zero-order valence-corrected chi connectivity index (χ0v) is 36.1. The van der Waals surface area contributed by atoms with Gasteiger partial charge in [-0.05, 0) is 132 Å². The van der Waals surface area contributed by atoms with Crippen LogP contribution in [0.2, 0.25) is 0 Å². The van der Waals surface area contributed by atoms with Crippen molar-refractivity contribution < 1.29 is 37.1 Å². The molecule has 0 radical (unpaired) electrons. The van der Waals surface area contributed by atoms with Crippen LogP contribution in [0.15, 0.2) is 145 Å². The highest BCUT2D eigenvalue weighted by atomic mass is 79.9. The maximum Gasteiger partial charge on any atom is 0.494 e. The van der Waals surface area contributed by atoms with Gasteiger partial charge in [0, 0.05) is 54.5 Å². The van der Waals surface area contributed by atoms with Gasteiger partial charge in [0.1, 0.15) is 23.8 Å². The van der Waals surface area contributed by atoms with E-state index in [0.29, 0.717) is 38.9 Å². The third-order valence-electron chi connectivity index (χ3n) is 11.1. The fraction of sp³-hybridized carbons (Fsp3) is 0.234. The highest BCUT2D eigenvalue weighted by molar-refractivity contribution is 9.10. The van der Waals surface area contributed by atoms with Crippen LogP contribution in [-0.4, -0.2) is 47.6 Å². The molecule has 0 amide bonds. The number of hydrogen-bond donors (Lipinski definition) is 2. The topological polar surface area (TPSA) is 155 Å². The van der Waals surface area contributed by atoms with E-state index in [1.165, 1.54) is 33.4 Å². The summed E-state index contributed by atoms with van der Waals surface area (Å²) in [5, 5.41) is 20.9. The van der Waals surface area contributed by atoms with Gasteiger partial charge in [0.05, 0.1) is 22.2 Å². The molecule has 9 rings (SSSR count). The number of pyridine rings is 2. The van der Waals surface area contributed by atoms with Gasteiger partial charge >= 0.3 is 18.6 Å². The molecule has 63 heavy (non-hydrogen) atoms. The van der Waals surface area contributed by atoms with Gasteiger partial charge in [-0.1, -0.05) is 43.8 Å². The van der Waals surface area contributed by atoms with Crippen LogP contribution in [0.3, 0.4) is 0 Å². The average molecular weight is 924 g/mol. The number of halogens is 3. The molecule has 1 saturated heterocycles. The summed E-state index contributed by atoms with van der Waals surface area (Å²) in [7, 11) is 2.88. The molecule has 0 spiro atoms. The lowest BCUT2D eigenvalue weighted by Gasteiger charge is -2.32. The standard InChI is InChI=1S/C20H15FN2O3.C14H18BNO4.C12H9BrFNO.CH4/c1-23-17-10-13(4-7-18(17)26-20(23)25)16-11-22-9-8-15(16)19(24)12-2-5-14(21)6-3-12;1-13(2)14(3,4)20-15(19-13)9-6-7-11-10(8-9)16(5)12(17)18-11;13-11-7-15-6-5-10(11)12(16)8-1-3-9(14)4-2-8;/h2-11,19,24H,1H3;6-8H,1-5H3;1-7,12,16H;1H4. The van der Waals surface area contributed by atoms with Crippen molar-refractivity contribution in [1.29, 1.82) is 0 Å². The number of nitrogens with zero attached hydrogens (tertiary/aromatic N) is 4. The van der Waals surface area contributed by atoms with E-state index in [9.17, 15) is 28.6 Å². The molecule has 2 N–H and O–H groups in total. The molecule has 2 unspecified atom stereocenters. The smallest absolute Gasteiger partial charge is 0.408 e. The molecule has 2 atom stereocenters. The molecule has 5 heterocycles. The average Bonchev–Trinajstić information content (AvgIpc) is 3.80. The van der Waals surface area contributed by atoms with E-state index in [2.05, 4.69) is 25.9 Å². The second kappa shape index (κ2) is 18.7. The Balaban J connectivity index is 0.000000161. The molecular formula is C47H46BBrF2N4O8. The maximum absolute atomic E-state index is 13.2. The molecule has 0 aliphatic carbocycles. The Hall–Kier alpha value is -6.04. The summed E-state index contributed by atoms with van der Waals surface area (Å²) in [6.45, 7) is 8.05. The Morgan fingerprint density at radius 3 is 1.63 bits per heavy atom. The van der Waals surface area contributed by atoms with Crippen LogP contribution in [0, 0.1) is 11.6 Å². The Bertz CT molecular complexity index is 2970. The van der Waals surface area contributed by atoms with Crippen molar-refractivity contribution in [1.82, 2.24) is 19.1 Å². The summed E-state index contributed by atoms with van der Waals surface area (Å²) in [4.78, 5) is 31.3. The van der Waals surface area contributed by atoms with E-state index in [1.807, 2.05) is 52.0 Å². The van der Waals surface area contributed by atoms with E-state index in [-0.39, 0.29) is 36.0 Å². The summed E-state index contributed by atoms with van der Waals surface area (Å²) in [6, 6.07) is 25.8. The van der Waals surface area contributed by atoms with Gasteiger partial charge in [0.15, 0.2) is 11.2 Å². The van der Waals surface area contributed by atoms with Crippen molar-refractivity contribution in [2.24, 2.45) is 14.1 Å². The Labute approximate surface area is 370 Å². The number of aryl methyl sites for hydroxylation is 2. The molecule has 16 heteroatoms. The molecule has 0 bridgehead atoms. The Kier molecular flexibility index (Phi) is 13.8. The largest absolute Gasteiger partial charge is 0.494 e. The number of benzene rings is 4. The normalized spacial score (nSPS) is 14.9. The number of fused-ring (bicyclic) bond motifs is 2. The molecular weight excluding hydrogens is 877 g/mol. The summed E-state index contributed by atoms with van der Waals surface area (Å²) >= 11 is 3.31. The number of oxazole rings is 2. The van der Waals surface area contributed by atoms with Crippen LogP contribution < -0.4 is 17.0 Å². The minimum absolute atomic E-state index is 0. The molecule has 326 valence electrons. The first kappa shape index (κ1) is 46.5. The van der Waals surface area contributed by atoms with Crippen molar-refractivity contribution in [3.63, 3.8) is 0 Å². The number of aromatic nitrogens is 4. The monoisotopic (exact) mass is 922 g/mol. The number of aliphatic hydroxyl groups excluding tert-OH is 2. The van der Waals surface area contributed by atoms with Crippen molar-refractivity contribution in [3.05, 3.63) is 181 Å². The van der Waals surface area contributed by atoms with Crippen LogP contribution in [0.5, 0.6) is 0 Å². The van der Waals surface area contributed by atoms with Crippen LogP contribution in [0.25, 0.3) is 33.3 Å². The number of aliphatic hydroxyl groups is 2. The first-order valence-electron chi connectivity index (χ1n) is 19.4. The van der Waals surface area contributed by atoms with Crippen molar-refractivity contribution in [2.45, 2.75) is 58.5 Å². The fourth-order valence-electron chi connectivity index (χ4n) is 6.71. The van der Waals surface area contributed by atoms with Gasteiger partial charge in [0.2, 0.25) is 0 Å². The van der Waals surface area contributed by atoms with Crippen molar-refractivity contribution in [3.8, 4) is 11.1 Å². The molecule has 12 nitrogen and oxygen atoms in total. The summed E-state index contributed by atoms with van der Waals surface area (Å²) in [6.07, 6.45) is 4.75. The lowest BCUT2D eigenvalue weighted by molar-refractivity contribution is 0.00578. The SMILES string of the molecule is C.Cn1c(=O)oc2ccc(-c3cnccc3C(O)c3ccc(F)cc3)cc21.Cn1c(=O)oc2ccc(B3OC(C)(C)C(C)(C)O3)cc21.OC(c1ccc(F)cc1)c1ccncc1Br. The molecule has 8 aromatic rings. The predicted molar refractivity (Wildman–Crippen MR) is 241 cm³/mol. The van der Waals surface area contributed by atoms with Crippen LogP contribution in [0.1, 0.15) is 69.6 Å². The summed E-state index contributed by atoms with van der Waals surface area (Å²) in [5.74, 6) is -1.48. The van der Waals surface area contributed by atoms with Gasteiger partial charge in [-0.2, -0.15) is 0 Å². The second-order valence-corrected chi connectivity index (χ2v) is 16.5. The molecule has 0 saturated carbocycles. The van der Waals surface area contributed by atoms with Crippen molar-refractivity contribution in [2.75, 3.05) is 0 Å². The molecule has 4 aromatic carbocycles. The predicted octanol–water partition coefficient (Wildman–Crippen LogP) is 8.55. The molecule has 4 aromatic heterocycles.